The molecular weight excluding hydrogens is 290 g/mol. The minimum absolute atomic E-state index is 0.119. The monoisotopic (exact) mass is 317 g/mol. The largest absolute Gasteiger partial charge is 0.444 e. The summed E-state index contributed by atoms with van der Waals surface area (Å²) in [5, 5.41) is 2.41. The van der Waals surface area contributed by atoms with Crippen LogP contribution in [0, 0.1) is 11.8 Å². The Bertz CT molecular complexity index is 388. The fraction of sp³-hybridized carbons (Fsp3) is 0.800. The highest BCUT2D eigenvalue weighted by molar-refractivity contribution is 8.13. The fourth-order valence-corrected chi connectivity index (χ4v) is 2.30. The minimum atomic E-state index is -0.739. The maximum Gasteiger partial charge on any atom is 0.408 e. The van der Waals surface area contributed by atoms with Gasteiger partial charge in [0.1, 0.15) is 5.60 Å². The molecule has 0 aromatic carbocycles. The van der Waals surface area contributed by atoms with Crippen LogP contribution >= 0.6 is 11.8 Å². The number of nitrogens with one attached hydrogen (secondary N) is 1. The van der Waals surface area contributed by atoms with Crippen LogP contribution in [-0.4, -0.2) is 34.4 Å². The first-order chi connectivity index (χ1) is 9.49. The number of carbonyl (C=O) groups is 3. The van der Waals surface area contributed by atoms with Crippen molar-refractivity contribution < 1.29 is 19.1 Å². The predicted octanol–water partition coefficient (Wildman–Crippen LogP) is 3.02. The highest BCUT2D eigenvalue weighted by Crippen LogP contribution is 2.17. The first kappa shape index (κ1) is 20.0. The van der Waals surface area contributed by atoms with Gasteiger partial charge < -0.3 is 10.1 Å². The van der Waals surface area contributed by atoms with Crippen LogP contribution < -0.4 is 5.32 Å². The Balaban J connectivity index is 4.87. The molecule has 0 fully saturated rings. The first-order valence-corrected chi connectivity index (χ1v) is 8.18. The zero-order valence-electron chi connectivity index (χ0n) is 14.0. The van der Waals surface area contributed by atoms with Gasteiger partial charge in [0.25, 0.3) is 0 Å². The lowest BCUT2D eigenvalue weighted by Gasteiger charge is -2.26. The molecule has 1 unspecified atom stereocenters. The van der Waals surface area contributed by atoms with Crippen molar-refractivity contribution >= 4 is 28.8 Å². The Morgan fingerprint density at radius 2 is 1.67 bits per heavy atom. The molecule has 0 aliphatic rings. The molecule has 0 saturated heterocycles. The highest BCUT2D eigenvalue weighted by atomic mass is 32.2. The van der Waals surface area contributed by atoms with Crippen molar-refractivity contribution in [1.82, 2.24) is 5.32 Å². The lowest BCUT2D eigenvalue weighted by atomic mass is 9.93. The summed E-state index contributed by atoms with van der Waals surface area (Å²) in [4.78, 5) is 36.0. The second-order valence-corrected chi connectivity index (χ2v) is 7.51. The smallest absolute Gasteiger partial charge is 0.408 e. The van der Waals surface area contributed by atoms with Gasteiger partial charge >= 0.3 is 6.09 Å². The van der Waals surface area contributed by atoms with Crippen molar-refractivity contribution in [3.8, 4) is 0 Å². The molecule has 2 atom stereocenters. The second-order valence-electron chi connectivity index (χ2n) is 6.24. The average Bonchev–Trinajstić information content (AvgIpc) is 2.32. The third-order valence-electron chi connectivity index (χ3n) is 2.71. The van der Waals surface area contributed by atoms with Crippen LogP contribution in [0.15, 0.2) is 0 Å². The Morgan fingerprint density at radius 3 is 2.05 bits per heavy atom. The van der Waals surface area contributed by atoms with Gasteiger partial charge in [-0.2, -0.15) is 0 Å². The lowest BCUT2D eigenvalue weighted by molar-refractivity contribution is -0.130. The van der Waals surface area contributed by atoms with E-state index in [1.165, 1.54) is 0 Å². The number of alkyl carbamates (subject to hydrolysis) is 1. The molecule has 1 amide bonds. The van der Waals surface area contributed by atoms with E-state index < -0.39 is 23.7 Å². The molecular formula is C15H27NO4S. The quantitative estimate of drug-likeness (QED) is 0.762. The number of carbonyl (C=O) groups excluding carboxylic acids is 3. The van der Waals surface area contributed by atoms with Crippen LogP contribution in [0.2, 0.25) is 0 Å². The maximum atomic E-state index is 12.4. The summed E-state index contributed by atoms with van der Waals surface area (Å²) in [6.45, 7) is 12.3. The second kappa shape index (κ2) is 8.41. The van der Waals surface area contributed by atoms with E-state index in [9.17, 15) is 14.4 Å². The standard InChI is InChI=1S/C15H27NO4S/c1-8-21-13(18)10(4)12(17)11(9(2)3)16-14(19)20-15(5,6)7/h9-11H,8H2,1-7H3,(H,16,19)/t10?,11-/m0/s1. The number of rotatable bonds is 6. The minimum Gasteiger partial charge on any atom is -0.444 e. The van der Waals surface area contributed by atoms with E-state index in [2.05, 4.69) is 5.32 Å². The van der Waals surface area contributed by atoms with Gasteiger partial charge in [0, 0.05) is 0 Å². The third-order valence-corrected chi connectivity index (χ3v) is 3.64. The van der Waals surface area contributed by atoms with Crippen LogP contribution in [0.25, 0.3) is 0 Å². The Kier molecular flexibility index (Phi) is 8.00. The van der Waals surface area contributed by atoms with Crippen LogP contribution in [0.5, 0.6) is 0 Å². The molecule has 1 N–H and O–H groups in total. The molecule has 0 heterocycles. The normalized spacial score (nSPS) is 14.5. The molecule has 0 spiro atoms. The molecule has 0 aliphatic heterocycles. The van der Waals surface area contributed by atoms with Crippen molar-refractivity contribution in [3.63, 3.8) is 0 Å². The van der Waals surface area contributed by atoms with Crippen LogP contribution in [0.3, 0.4) is 0 Å². The Hall–Kier alpha value is -1.04. The number of ether oxygens (including phenoxy) is 1. The summed E-state index contributed by atoms with van der Waals surface area (Å²) in [5.41, 5.74) is -0.631. The summed E-state index contributed by atoms with van der Waals surface area (Å²) in [6.07, 6.45) is -0.641. The molecule has 122 valence electrons. The zero-order valence-corrected chi connectivity index (χ0v) is 14.8. The summed E-state index contributed by atoms with van der Waals surface area (Å²) in [5.74, 6) is -0.506. The number of ketones is 1. The van der Waals surface area contributed by atoms with Crippen molar-refractivity contribution in [3.05, 3.63) is 0 Å². The van der Waals surface area contributed by atoms with Crippen molar-refractivity contribution in [2.75, 3.05) is 5.75 Å². The number of amides is 1. The number of Topliss-reactive ketones (excluding diaryl/α,β-unsaturated/α-hetero) is 1. The summed E-state index contributed by atoms with van der Waals surface area (Å²) in [6, 6.07) is -0.726. The van der Waals surface area contributed by atoms with Crippen LogP contribution in [0.1, 0.15) is 48.5 Å². The molecule has 0 aliphatic carbocycles. The summed E-state index contributed by atoms with van der Waals surface area (Å²) >= 11 is 1.12. The van der Waals surface area contributed by atoms with Crippen LogP contribution in [-0.2, 0) is 14.3 Å². The molecule has 0 saturated carbocycles. The van der Waals surface area contributed by atoms with E-state index in [1.807, 2.05) is 20.8 Å². The van der Waals surface area contributed by atoms with Gasteiger partial charge in [0.2, 0.25) is 0 Å². The highest BCUT2D eigenvalue weighted by Gasteiger charge is 2.32. The topological polar surface area (TPSA) is 72.5 Å². The molecule has 0 rings (SSSR count). The lowest BCUT2D eigenvalue weighted by Crippen LogP contribution is -2.49. The van der Waals surface area contributed by atoms with Gasteiger partial charge in [0.15, 0.2) is 10.9 Å². The molecule has 0 aromatic heterocycles. The van der Waals surface area contributed by atoms with E-state index in [1.54, 1.807) is 27.7 Å². The number of thioether (sulfide) groups is 1. The first-order valence-electron chi connectivity index (χ1n) is 7.19. The van der Waals surface area contributed by atoms with Crippen molar-refractivity contribution in [2.24, 2.45) is 11.8 Å². The molecule has 6 heteroatoms. The van der Waals surface area contributed by atoms with Gasteiger partial charge in [0.05, 0.1) is 12.0 Å². The summed E-state index contributed by atoms with van der Waals surface area (Å²) in [7, 11) is 0. The van der Waals surface area contributed by atoms with E-state index in [4.69, 9.17) is 4.74 Å². The molecule has 21 heavy (non-hydrogen) atoms. The predicted molar refractivity (Wildman–Crippen MR) is 85.3 cm³/mol. The van der Waals surface area contributed by atoms with Crippen LogP contribution in [0.4, 0.5) is 4.79 Å². The van der Waals surface area contributed by atoms with E-state index in [0.29, 0.717) is 5.75 Å². The van der Waals surface area contributed by atoms with E-state index in [0.717, 1.165) is 11.8 Å². The average molecular weight is 317 g/mol. The fourth-order valence-electron chi connectivity index (χ4n) is 1.65. The molecule has 0 radical (unpaired) electrons. The molecule has 0 bridgehead atoms. The van der Waals surface area contributed by atoms with Gasteiger partial charge in [-0.3, -0.25) is 9.59 Å². The van der Waals surface area contributed by atoms with Gasteiger partial charge in [-0.25, -0.2) is 4.79 Å². The van der Waals surface area contributed by atoms with Gasteiger partial charge in [-0.15, -0.1) is 0 Å². The maximum absolute atomic E-state index is 12.4. The van der Waals surface area contributed by atoms with E-state index >= 15 is 0 Å². The number of hydrogen-bond donors (Lipinski definition) is 1. The molecule has 0 aromatic rings. The Morgan fingerprint density at radius 1 is 1.14 bits per heavy atom. The van der Waals surface area contributed by atoms with Gasteiger partial charge in [-0.05, 0) is 39.4 Å². The summed E-state index contributed by atoms with van der Waals surface area (Å²) < 4.78 is 5.16. The number of hydrogen-bond acceptors (Lipinski definition) is 5. The third kappa shape index (κ3) is 7.50. The zero-order chi connectivity index (χ0) is 16.8. The van der Waals surface area contributed by atoms with E-state index in [-0.39, 0.29) is 16.8 Å². The molecule has 5 nitrogen and oxygen atoms in total. The van der Waals surface area contributed by atoms with Crippen molar-refractivity contribution in [2.45, 2.75) is 60.1 Å². The van der Waals surface area contributed by atoms with Gasteiger partial charge in [-0.1, -0.05) is 32.5 Å². The van der Waals surface area contributed by atoms with Crippen molar-refractivity contribution in [1.29, 1.82) is 0 Å². The Labute approximate surface area is 131 Å². The SMILES string of the molecule is CCSC(=O)C(C)C(=O)[C@@H](NC(=O)OC(C)(C)C)C(C)C.